The van der Waals surface area contributed by atoms with Gasteiger partial charge in [0.2, 0.25) is 0 Å². The minimum absolute atomic E-state index is 0.112. The van der Waals surface area contributed by atoms with Gasteiger partial charge in [0.05, 0.1) is 0 Å². The van der Waals surface area contributed by atoms with E-state index >= 15 is 0 Å². The third kappa shape index (κ3) is 36.1. The normalized spacial score (nSPS) is 12.9. The average molecular weight is 641 g/mol. The Morgan fingerprint density at radius 2 is 0.978 bits per heavy atom. The van der Waals surface area contributed by atoms with Gasteiger partial charge < -0.3 is 9.84 Å². The van der Waals surface area contributed by atoms with Crippen LogP contribution in [0.25, 0.3) is 0 Å². The van der Waals surface area contributed by atoms with Crippen LogP contribution in [0.3, 0.4) is 0 Å². The van der Waals surface area contributed by atoms with Crippen LogP contribution in [-0.4, -0.2) is 23.1 Å². The van der Waals surface area contributed by atoms with Crippen LogP contribution in [-0.2, 0) is 14.3 Å². The highest BCUT2D eigenvalue weighted by atomic mass is 16.5. The van der Waals surface area contributed by atoms with E-state index in [1.165, 1.54) is 96.3 Å². The van der Waals surface area contributed by atoms with Gasteiger partial charge in [0, 0.05) is 12.8 Å². The topological polar surface area (TPSA) is 63.6 Å². The Morgan fingerprint density at radius 3 is 1.52 bits per heavy atom. The van der Waals surface area contributed by atoms with Gasteiger partial charge in [0.1, 0.15) is 6.10 Å². The fourth-order valence-corrected chi connectivity index (χ4v) is 5.38. The van der Waals surface area contributed by atoms with Crippen molar-refractivity contribution in [2.24, 2.45) is 0 Å². The number of carbonyl (C=O) groups is 2. The number of hydrogen-bond donors (Lipinski definition) is 1. The molecular formula is C42H72O4. The number of esters is 1. The first-order valence-electron chi connectivity index (χ1n) is 19.3. The molecule has 0 saturated carbocycles. The van der Waals surface area contributed by atoms with Crippen molar-refractivity contribution in [3.05, 3.63) is 60.8 Å². The summed E-state index contributed by atoms with van der Waals surface area (Å²) in [6, 6.07) is 0. The molecule has 0 radical (unpaired) electrons. The zero-order chi connectivity index (χ0) is 33.6. The molecule has 4 heteroatoms. The third-order valence-electron chi connectivity index (χ3n) is 8.21. The Morgan fingerprint density at radius 1 is 0.522 bits per heavy atom. The average Bonchev–Trinajstić information content (AvgIpc) is 3.04. The van der Waals surface area contributed by atoms with Gasteiger partial charge in [-0.1, -0.05) is 152 Å². The maximum Gasteiger partial charge on any atom is 0.306 e. The molecule has 0 heterocycles. The van der Waals surface area contributed by atoms with E-state index in [1.807, 2.05) is 6.08 Å². The largest absolute Gasteiger partial charge is 0.481 e. The number of hydrogen-bond acceptors (Lipinski definition) is 3. The molecule has 1 atom stereocenters. The second kappa shape index (κ2) is 37.1. The lowest BCUT2D eigenvalue weighted by Gasteiger charge is -2.14. The first-order valence-corrected chi connectivity index (χ1v) is 19.3. The minimum Gasteiger partial charge on any atom is -0.481 e. The Kier molecular flexibility index (Phi) is 35.2. The van der Waals surface area contributed by atoms with Crippen LogP contribution in [0.1, 0.15) is 187 Å². The number of carboxylic acid groups (broad SMARTS) is 1. The van der Waals surface area contributed by atoms with Gasteiger partial charge in [0.15, 0.2) is 0 Å². The standard InChI is InChI=1S/C42H72O4/c1-3-5-7-9-11-13-15-16-17-18-19-20-21-22-24-26-28-30-35-39-42(45)46-40(37-33-31-34-38-41(43)44)36-32-29-27-25-23-14-12-10-8-6-4-2/h6,8,12,14,16-17,25,27,32,36,40H,3-5,7,9-11,13,15,18-24,26,28-31,33-35,37-39H2,1-2H3,(H,43,44)/b8-6-,14-12-,17-16-,27-25-,36-32-. The van der Waals surface area contributed by atoms with E-state index in [0.717, 1.165) is 57.8 Å². The fourth-order valence-electron chi connectivity index (χ4n) is 5.38. The molecule has 0 saturated heterocycles. The van der Waals surface area contributed by atoms with Crippen LogP contribution < -0.4 is 0 Å². The van der Waals surface area contributed by atoms with Crippen molar-refractivity contribution >= 4 is 11.9 Å². The minimum atomic E-state index is -0.751. The molecule has 1 unspecified atom stereocenters. The number of ether oxygens (including phenoxy) is 1. The molecule has 0 aliphatic heterocycles. The van der Waals surface area contributed by atoms with Crippen molar-refractivity contribution < 1.29 is 19.4 Å². The summed E-state index contributed by atoms with van der Waals surface area (Å²) < 4.78 is 5.82. The van der Waals surface area contributed by atoms with E-state index < -0.39 is 5.97 Å². The van der Waals surface area contributed by atoms with Gasteiger partial charge in [-0.2, -0.15) is 0 Å². The molecule has 0 amide bonds. The molecule has 0 aliphatic rings. The first-order chi connectivity index (χ1) is 22.6. The van der Waals surface area contributed by atoms with Crippen LogP contribution >= 0.6 is 0 Å². The molecule has 0 aromatic rings. The highest BCUT2D eigenvalue weighted by molar-refractivity contribution is 5.69. The van der Waals surface area contributed by atoms with E-state index in [9.17, 15) is 9.59 Å². The summed E-state index contributed by atoms with van der Waals surface area (Å²) in [5, 5.41) is 8.87. The van der Waals surface area contributed by atoms with E-state index in [2.05, 4.69) is 68.5 Å². The molecule has 0 aromatic heterocycles. The monoisotopic (exact) mass is 641 g/mol. The van der Waals surface area contributed by atoms with Crippen molar-refractivity contribution in [2.75, 3.05) is 0 Å². The summed E-state index contributed by atoms with van der Waals surface area (Å²) in [7, 11) is 0. The Bertz CT molecular complexity index is 820. The maximum absolute atomic E-state index is 12.6. The van der Waals surface area contributed by atoms with Gasteiger partial charge >= 0.3 is 11.9 Å². The zero-order valence-corrected chi connectivity index (χ0v) is 30.1. The number of carbonyl (C=O) groups excluding carboxylic acids is 1. The van der Waals surface area contributed by atoms with E-state index in [-0.39, 0.29) is 18.5 Å². The Hall–Kier alpha value is -2.36. The van der Waals surface area contributed by atoms with Gasteiger partial charge in [-0.3, -0.25) is 9.59 Å². The lowest BCUT2D eigenvalue weighted by atomic mass is 10.1. The quantitative estimate of drug-likeness (QED) is 0.0432. The summed E-state index contributed by atoms with van der Waals surface area (Å²) in [4.78, 5) is 23.3. The van der Waals surface area contributed by atoms with Gasteiger partial charge in [-0.15, -0.1) is 0 Å². The Balaban J connectivity index is 4.01. The smallest absolute Gasteiger partial charge is 0.306 e. The first kappa shape index (κ1) is 43.6. The maximum atomic E-state index is 12.6. The molecule has 0 aromatic carbocycles. The lowest BCUT2D eigenvalue weighted by molar-refractivity contribution is -0.147. The molecule has 4 nitrogen and oxygen atoms in total. The van der Waals surface area contributed by atoms with Crippen molar-refractivity contribution in [1.82, 2.24) is 0 Å². The van der Waals surface area contributed by atoms with Crippen LogP contribution in [0.2, 0.25) is 0 Å². The molecule has 0 bridgehead atoms. The second-order valence-electron chi connectivity index (χ2n) is 12.7. The number of aliphatic carboxylic acids is 1. The van der Waals surface area contributed by atoms with Crippen molar-refractivity contribution in [1.29, 1.82) is 0 Å². The number of carboxylic acids is 1. The van der Waals surface area contributed by atoms with Crippen LogP contribution in [0.15, 0.2) is 60.8 Å². The molecule has 0 rings (SSSR count). The van der Waals surface area contributed by atoms with Crippen LogP contribution in [0.5, 0.6) is 0 Å². The third-order valence-corrected chi connectivity index (χ3v) is 8.21. The molecule has 264 valence electrons. The van der Waals surface area contributed by atoms with Gasteiger partial charge in [0.25, 0.3) is 0 Å². The van der Waals surface area contributed by atoms with Gasteiger partial charge in [-0.25, -0.2) is 0 Å². The van der Waals surface area contributed by atoms with Crippen molar-refractivity contribution in [3.8, 4) is 0 Å². The number of allylic oxidation sites excluding steroid dienone is 9. The van der Waals surface area contributed by atoms with Gasteiger partial charge in [-0.05, 0) is 83.1 Å². The zero-order valence-electron chi connectivity index (χ0n) is 30.1. The van der Waals surface area contributed by atoms with Crippen molar-refractivity contribution in [3.63, 3.8) is 0 Å². The number of unbranched alkanes of at least 4 members (excludes halogenated alkanes) is 17. The van der Waals surface area contributed by atoms with Crippen LogP contribution in [0, 0.1) is 0 Å². The summed E-state index contributed by atoms with van der Waals surface area (Å²) in [6.45, 7) is 4.42. The SMILES string of the molecule is CC/C=C\C/C=C\C/C=C\C/C=C\C(CCCCCC(=O)O)OC(=O)CCCCCCCCCCC/C=C\CCCCCCCC. The van der Waals surface area contributed by atoms with Crippen molar-refractivity contribution in [2.45, 2.75) is 193 Å². The summed E-state index contributed by atoms with van der Waals surface area (Å²) in [5.74, 6) is -0.863. The Labute approximate surface area is 284 Å². The molecule has 0 fully saturated rings. The summed E-state index contributed by atoms with van der Waals surface area (Å²) >= 11 is 0. The molecular weight excluding hydrogens is 568 g/mol. The summed E-state index contributed by atoms with van der Waals surface area (Å²) in [6.07, 6.45) is 51.1. The molecule has 46 heavy (non-hydrogen) atoms. The second-order valence-corrected chi connectivity index (χ2v) is 12.7. The summed E-state index contributed by atoms with van der Waals surface area (Å²) in [5.41, 5.74) is 0. The molecule has 0 aliphatic carbocycles. The highest BCUT2D eigenvalue weighted by Gasteiger charge is 2.11. The lowest BCUT2D eigenvalue weighted by Crippen LogP contribution is -2.16. The predicted molar refractivity (Wildman–Crippen MR) is 199 cm³/mol. The molecule has 0 spiro atoms. The fraction of sp³-hybridized carbons (Fsp3) is 0.714. The number of rotatable bonds is 34. The highest BCUT2D eigenvalue weighted by Crippen LogP contribution is 2.15. The van der Waals surface area contributed by atoms with E-state index in [4.69, 9.17) is 9.84 Å². The van der Waals surface area contributed by atoms with Crippen LogP contribution in [0.4, 0.5) is 0 Å². The predicted octanol–water partition coefficient (Wildman–Crippen LogP) is 13.3. The van der Waals surface area contributed by atoms with E-state index in [0.29, 0.717) is 12.8 Å². The molecule has 1 N–H and O–H groups in total. The van der Waals surface area contributed by atoms with E-state index in [1.54, 1.807) is 0 Å².